The second kappa shape index (κ2) is 5.92. The molecule has 1 saturated carbocycles. The molecule has 114 valence electrons. The number of nitrogens with one attached hydrogen (secondary N) is 2. The molecule has 0 aliphatic heterocycles. The fraction of sp³-hybridized carbons (Fsp3) is 0.429. The summed E-state index contributed by atoms with van der Waals surface area (Å²) in [4.78, 5) is 1.22. The Labute approximate surface area is 128 Å². The zero-order valence-corrected chi connectivity index (χ0v) is 13.4. The van der Waals surface area contributed by atoms with Gasteiger partial charge in [-0.25, -0.2) is 13.1 Å². The van der Waals surface area contributed by atoms with Crippen molar-refractivity contribution in [2.24, 2.45) is 0 Å². The Bertz CT molecular complexity index is 714. The summed E-state index contributed by atoms with van der Waals surface area (Å²) in [5, 5.41) is 5.16. The van der Waals surface area contributed by atoms with Crippen LogP contribution in [0.4, 0.5) is 0 Å². The van der Waals surface area contributed by atoms with E-state index in [0.29, 0.717) is 23.2 Å². The zero-order valence-electron chi connectivity index (χ0n) is 11.8. The van der Waals surface area contributed by atoms with Gasteiger partial charge in [0.15, 0.2) is 0 Å². The Morgan fingerprint density at radius 1 is 1.29 bits per heavy atom. The summed E-state index contributed by atoms with van der Waals surface area (Å²) in [7, 11) is -3.50. The second-order valence-electron chi connectivity index (χ2n) is 5.20. The number of hydrogen-bond acceptors (Lipinski definition) is 5. The van der Waals surface area contributed by atoms with Crippen molar-refractivity contribution in [1.82, 2.24) is 10.0 Å². The van der Waals surface area contributed by atoms with Crippen molar-refractivity contribution in [3.8, 4) is 0 Å². The van der Waals surface area contributed by atoms with Gasteiger partial charge in [0.05, 0.1) is 11.4 Å². The average molecular weight is 326 g/mol. The fourth-order valence-corrected chi connectivity index (χ4v) is 4.43. The number of aryl methyl sites for hydroxylation is 1. The maximum atomic E-state index is 12.4. The number of furan rings is 1. The molecule has 2 aromatic heterocycles. The van der Waals surface area contributed by atoms with Crippen LogP contribution in [0.3, 0.4) is 0 Å². The molecule has 3 rings (SSSR count). The lowest BCUT2D eigenvalue weighted by Crippen LogP contribution is -2.24. The summed E-state index contributed by atoms with van der Waals surface area (Å²) >= 11 is 1.47. The van der Waals surface area contributed by atoms with Gasteiger partial charge in [0.25, 0.3) is 0 Å². The Morgan fingerprint density at radius 2 is 2.10 bits per heavy atom. The van der Waals surface area contributed by atoms with Crippen LogP contribution >= 0.6 is 11.3 Å². The van der Waals surface area contributed by atoms with Gasteiger partial charge in [0.2, 0.25) is 10.0 Å². The predicted molar refractivity (Wildman–Crippen MR) is 81.7 cm³/mol. The van der Waals surface area contributed by atoms with Crippen LogP contribution < -0.4 is 10.0 Å². The van der Waals surface area contributed by atoms with Crippen LogP contribution in [0.2, 0.25) is 0 Å². The van der Waals surface area contributed by atoms with E-state index < -0.39 is 10.0 Å². The van der Waals surface area contributed by atoms with E-state index in [2.05, 4.69) is 10.0 Å². The predicted octanol–water partition coefficient (Wildman–Crippen LogP) is 2.38. The quantitative estimate of drug-likeness (QED) is 0.819. The molecule has 0 radical (unpaired) electrons. The van der Waals surface area contributed by atoms with Crippen molar-refractivity contribution in [3.63, 3.8) is 0 Å². The first-order valence-corrected chi connectivity index (χ1v) is 9.25. The van der Waals surface area contributed by atoms with Gasteiger partial charge in [0, 0.05) is 17.5 Å². The van der Waals surface area contributed by atoms with Crippen molar-refractivity contribution in [2.75, 3.05) is 0 Å². The monoisotopic (exact) mass is 326 g/mol. The molecule has 7 heteroatoms. The fourth-order valence-electron chi connectivity index (χ4n) is 2.05. The van der Waals surface area contributed by atoms with E-state index >= 15 is 0 Å². The normalized spacial score (nSPS) is 15.5. The maximum Gasteiger partial charge on any atom is 0.242 e. The van der Waals surface area contributed by atoms with Crippen LogP contribution in [0.25, 0.3) is 0 Å². The molecule has 0 bridgehead atoms. The summed E-state index contributed by atoms with van der Waals surface area (Å²) in [6.07, 6.45) is 2.37. The first-order valence-electron chi connectivity index (χ1n) is 6.89. The Hall–Kier alpha value is -1.15. The summed E-state index contributed by atoms with van der Waals surface area (Å²) in [6.45, 7) is 2.61. The van der Waals surface area contributed by atoms with Crippen LogP contribution in [-0.4, -0.2) is 14.5 Å². The van der Waals surface area contributed by atoms with E-state index in [0.717, 1.165) is 10.6 Å². The van der Waals surface area contributed by atoms with E-state index in [1.54, 1.807) is 12.1 Å². The third-order valence-electron chi connectivity index (χ3n) is 3.36. The Kier molecular flexibility index (Phi) is 4.17. The van der Waals surface area contributed by atoms with Crippen molar-refractivity contribution in [1.29, 1.82) is 0 Å². The highest BCUT2D eigenvalue weighted by atomic mass is 32.2. The lowest BCUT2D eigenvalue weighted by Gasteiger charge is -2.07. The molecule has 1 aliphatic rings. The zero-order chi connectivity index (χ0) is 14.9. The van der Waals surface area contributed by atoms with Crippen molar-refractivity contribution < 1.29 is 12.8 Å². The van der Waals surface area contributed by atoms with Gasteiger partial charge >= 0.3 is 0 Å². The van der Waals surface area contributed by atoms with Crippen LogP contribution in [0, 0.1) is 6.92 Å². The van der Waals surface area contributed by atoms with Gasteiger partial charge in [0.1, 0.15) is 11.5 Å². The van der Waals surface area contributed by atoms with Crippen LogP contribution in [0.5, 0.6) is 0 Å². The molecule has 1 aliphatic carbocycles. The average Bonchev–Trinajstić information content (AvgIpc) is 2.97. The highest BCUT2D eigenvalue weighted by Crippen LogP contribution is 2.25. The molecule has 0 saturated heterocycles. The number of rotatable bonds is 7. The van der Waals surface area contributed by atoms with Gasteiger partial charge in [-0.05, 0) is 43.3 Å². The van der Waals surface area contributed by atoms with E-state index in [9.17, 15) is 8.42 Å². The smallest absolute Gasteiger partial charge is 0.242 e. The SMILES string of the molecule is Cc1ccc(CNS(=O)(=O)c2ccsc2CNC2CC2)o1. The molecule has 2 N–H and O–H groups in total. The van der Waals surface area contributed by atoms with Gasteiger partial charge < -0.3 is 9.73 Å². The molecule has 0 amide bonds. The topological polar surface area (TPSA) is 71.3 Å². The molecule has 0 unspecified atom stereocenters. The molecule has 0 atom stereocenters. The van der Waals surface area contributed by atoms with Crippen LogP contribution in [0.1, 0.15) is 29.2 Å². The summed E-state index contributed by atoms with van der Waals surface area (Å²) in [5.41, 5.74) is 0. The number of sulfonamides is 1. The molecule has 21 heavy (non-hydrogen) atoms. The lowest BCUT2D eigenvalue weighted by atomic mass is 10.4. The molecule has 0 aromatic carbocycles. The van der Waals surface area contributed by atoms with E-state index in [-0.39, 0.29) is 6.54 Å². The van der Waals surface area contributed by atoms with Crippen molar-refractivity contribution >= 4 is 21.4 Å². The van der Waals surface area contributed by atoms with Gasteiger partial charge in [-0.1, -0.05) is 0 Å². The highest BCUT2D eigenvalue weighted by molar-refractivity contribution is 7.89. The molecule has 0 spiro atoms. The number of thiophene rings is 1. The first kappa shape index (κ1) is 14.8. The molecular formula is C14H18N2O3S2. The summed E-state index contributed by atoms with van der Waals surface area (Å²) < 4.78 is 32.7. The minimum Gasteiger partial charge on any atom is -0.465 e. The van der Waals surface area contributed by atoms with Crippen molar-refractivity contribution in [2.45, 2.75) is 43.8 Å². The summed E-state index contributed by atoms with van der Waals surface area (Å²) in [5.74, 6) is 1.39. The first-order chi connectivity index (χ1) is 10.0. The van der Waals surface area contributed by atoms with E-state index in [1.165, 1.54) is 24.2 Å². The van der Waals surface area contributed by atoms with Gasteiger partial charge in [-0.2, -0.15) is 0 Å². The molecule has 2 aromatic rings. The third-order valence-corrected chi connectivity index (χ3v) is 5.89. The Morgan fingerprint density at radius 3 is 2.76 bits per heavy atom. The van der Waals surface area contributed by atoms with E-state index in [4.69, 9.17) is 4.42 Å². The van der Waals surface area contributed by atoms with Gasteiger partial charge in [-0.15, -0.1) is 11.3 Å². The largest absolute Gasteiger partial charge is 0.465 e. The molecule has 5 nitrogen and oxygen atoms in total. The second-order valence-corrected chi connectivity index (χ2v) is 7.94. The van der Waals surface area contributed by atoms with E-state index in [1.807, 2.05) is 18.4 Å². The maximum absolute atomic E-state index is 12.4. The van der Waals surface area contributed by atoms with Gasteiger partial charge in [-0.3, -0.25) is 0 Å². The van der Waals surface area contributed by atoms with Crippen molar-refractivity contribution in [3.05, 3.63) is 40.0 Å². The Balaban J connectivity index is 1.67. The molecule has 2 heterocycles. The number of hydrogen-bond donors (Lipinski definition) is 2. The molecular weight excluding hydrogens is 308 g/mol. The minimum absolute atomic E-state index is 0.168. The minimum atomic E-state index is -3.50. The summed E-state index contributed by atoms with van der Waals surface area (Å²) in [6, 6.07) is 5.81. The van der Waals surface area contributed by atoms with Crippen LogP contribution in [-0.2, 0) is 23.1 Å². The highest BCUT2D eigenvalue weighted by Gasteiger charge is 2.24. The molecule has 1 fully saturated rings. The standard InChI is InChI=1S/C14H18N2O3S2/c1-10-2-5-12(19-10)8-16-21(17,18)14-6-7-20-13(14)9-15-11-3-4-11/h2,5-7,11,15-16H,3-4,8-9H2,1H3. The van der Waals surface area contributed by atoms with Crippen LogP contribution in [0.15, 0.2) is 32.9 Å². The lowest BCUT2D eigenvalue weighted by molar-refractivity contribution is 0.475. The third kappa shape index (κ3) is 3.74.